The van der Waals surface area contributed by atoms with Crippen molar-refractivity contribution in [2.24, 2.45) is 0 Å². The number of hydrogen-bond donors (Lipinski definition) is 2. The van der Waals surface area contributed by atoms with Crippen LogP contribution in [0.1, 0.15) is 21.6 Å². The van der Waals surface area contributed by atoms with E-state index < -0.39 is 5.97 Å². The number of aromatic nitrogens is 1. The Hall–Kier alpha value is -2.40. The molecule has 0 radical (unpaired) electrons. The van der Waals surface area contributed by atoms with Crippen molar-refractivity contribution in [1.29, 1.82) is 0 Å². The minimum Gasteiger partial charge on any atom is -0.487 e. The standard InChI is InChI=1S/C15H16N2O3/c1-16-8-13-6-7-14(9-17-13)20-10-11-2-4-12(5-3-11)15(18)19/h2-7,9,16H,8,10H2,1H3,(H,18,19). The van der Waals surface area contributed by atoms with E-state index in [1.165, 1.54) is 0 Å². The molecule has 0 aliphatic rings. The topological polar surface area (TPSA) is 71.5 Å². The monoisotopic (exact) mass is 272 g/mol. The van der Waals surface area contributed by atoms with Crippen LogP contribution >= 0.6 is 0 Å². The van der Waals surface area contributed by atoms with Crippen LogP contribution < -0.4 is 10.1 Å². The number of ether oxygens (including phenoxy) is 1. The molecule has 0 aliphatic heterocycles. The van der Waals surface area contributed by atoms with Gasteiger partial charge in [-0.3, -0.25) is 4.98 Å². The number of carbonyl (C=O) groups is 1. The Morgan fingerprint density at radius 2 is 2.00 bits per heavy atom. The van der Waals surface area contributed by atoms with Gasteiger partial charge in [0.1, 0.15) is 12.4 Å². The lowest BCUT2D eigenvalue weighted by Gasteiger charge is -2.07. The molecule has 5 heteroatoms. The molecule has 0 saturated heterocycles. The number of rotatable bonds is 6. The second-order valence-corrected chi connectivity index (χ2v) is 4.31. The minimum absolute atomic E-state index is 0.270. The highest BCUT2D eigenvalue weighted by Gasteiger charge is 2.02. The maximum absolute atomic E-state index is 10.7. The second kappa shape index (κ2) is 6.68. The molecule has 0 saturated carbocycles. The van der Waals surface area contributed by atoms with E-state index in [1.807, 2.05) is 19.2 Å². The van der Waals surface area contributed by atoms with Crippen LogP contribution in [-0.4, -0.2) is 23.1 Å². The van der Waals surface area contributed by atoms with Crippen molar-refractivity contribution in [2.75, 3.05) is 7.05 Å². The maximum Gasteiger partial charge on any atom is 0.335 e. The Balaban J connectivity index is 1.92. The molecule has 5 nitrogen and oxygen atoms in total. The third-order valence-corrected chi connectivity index (χ3v) is 2.76. The quantitative estimate of drug-likeness (QED) is 0.842. The largest absolute Gasteiger partial charge is 0.487 e. The van der Waals surface area contributed by atoms with Gasteiger partial charge in [-0.05, 0) is 36.9 Å². The van der Waals surface area contributed by atoms with E-state index in [4.69, 9.17) is 9.84 Å². The summed E-state index contributed by atoms with van der Waals surface area (Å²) in [5, 5.41) is 11.8. The van der Waals surface area contributed by atoms with Crippen LogP contribution in [0.3, 0.4) is 0 Å². The first-order valence-electron chi connectivity index (χ1n) is 6.23. The third-order valence-electron chi connectivity index (χ3n) is 2.76. The Labute approximate surface area is 117 Å². The predicted octanol–water partition coefficient (Wildman–Crippen LogP) is 2.08. The maximum atomic E-state index is 10.7. The van der Waals surface area contributed by atoms with Gasteiger partial charge in [-0.1, -0.05) is 12.1 Å². The van der Waals surface area contributed by atoms with E-state index in [-0.39, 0.29) is 5.56 Å². The van der Waals surface area contributed by atoms with E-state index in [1.54, 1.807) is 30.5 Å². The third kappa shape index (κ3) is 3.80. The Kier molecular flexibility index (Phi) is 4.68. The first kappa shape index (κ1) is 14.0. The zero-order chi connectivity index (χ0) is 14.4. The number of aromatic carboxylic acids is 1. The highest BCUT2D eigenvalue weighted by atomic mass is 16.5. The summed E-state index contributed by atoms with van der Waals surface area (Å²) in [6.07, 6.45) is 1.68. The van der Waals surface area contributed by atoms with Crippen molar-refractivity contribution in [3.63, 3.8) is 0 Å². The van der Waals surface area contributed by atoms with Gasteiger partial charge in [0.25, 0.3) is 0 Å². The summed E-state index contributed by atoms with van der Waals surface area (Å²) >= 11 is 0. The van der Waals surface area contributed by atoms with Gasteiger partial charge in [0.05, 0.1) is 17.5 Å². The molecule has 2 rings (SSSR count). The predicted molar refractivity (Wildman–Crippen MR) is 74.7 cm³/mol. The second-order valence-electron chi connectivity index (χ2n) is 4.31. The zero-order valence-electron chi connectivity index (χ0n) is 11.2. The summed E-state index contributed by atoms with van der Waals surface area (Å²) in [6, 6.07) is 10.4. The van der Waals surface area contributed by atoms with Crippen molar-refractivity contribution in [1.82, 2.24) is 10.3 Å². The van der Waals surface area contributed by atoms with Gasteiger partial charge in [0.2, 0.25) is 0 Å². The molecule has 0 fully saturated rings. The van der Waals surface area contributed by atoms with Gasteiger partial charge < -0.3 is 15.2 Å². The van der Waals surface area contributed by atoms with Crippen LogP contribution in [0.5, 0.6) is 5.75 Å². The van der Waals surface area contributed by atoms with E-state index >= 15 is 0 Å². The summed E-state index contributed by atoms with van der Waals surface area (Å²) in [5.41, 5.74) is 2.13. The molecule has 1 aromatic heterocycles. The average molecular weight is 272 g/mol. The smallest absolute Gasteiger partial charge is 0.335 e. The normalized spacial score (nSPS) is 10.2. The van der Waals surface area contributed by atoms with Crippen molar-refractivity contribution >= 4 is 5.97 Å². The number of hydrogen-bond acceptors (Lipinski definition) is 4. The number of nitrogens with zero attached hydrogens (tertiary/aromatic N) is 1. The summed E-state index contributed by atoms with van der Waals surface area (Å²) < 4.78 is 5.60. The lowest BCUT2D eigenvalue weighted by Crippen LogP contribution is -2.06. The first-order valence-corrected chi connectivity index (χ1v) is 6.23. The van der Waals surface area contributed by atoms with Crippen LogP contribution in [0.4, 0.5) is 0 Å². The molecule has 20 heavy (non-hydrogen) atoms. The molecule has 1 aromatic carbocycles. The number of nitrogens with one attached hydrogen (secondary N) is 1. The number of carboxylic acid groups (broad SMARTS) is 1. The van der Waals surface area contributed by atoms with E-state index in [0.717, 1.165) is 17.8 Å². The lowest BCUT2D eigenvalue weighted by atomic mass is 10.1. The van der Waals surface area contributed by atoms with Crippen LogP contribution in [0.2, 0.25) is 0 Å². The highest BCUT2D eigenvalue weighted by molar-refractivity contribution is 5.87. The van der Waals surface area contributed by atoms with Gasteiger partial charge >= 0.3 is 5.97 Å². The van der Waals surface area contributed by atoms with Crippen LogP contribution in [-0.2, 0) is 13.2 Å². The average Bonchev–Trinajstić information content (AvgIpc) is 2.47. The minimum atomic E-state index is -0.929. The fourth-order valence-electron chi connectivity index (χ4n) is 1.69. The first-order chi connectivity index (χ1) is 9.69. The molecule has 0 atom stereocenters. The number of carboxylic acids is 1. The van der Waals surface area contributed by atoms with E-state index in [2.05, 4.69) is 10.3 Å². The Morgan fingerprint density at radius 3 is 2.55 bits per heavy atom. The Morgan fingerprint density at radius 1 is 1.25 bits per heavy atom. The number of pyridine rings is 1. The summed E-state index contributed by atoms with van der Waals surface area (Å²) in [6.45, 7) is 1.10. The van der Waals surface area contributed by atoms with E-state index in [9.17, 15) is 4.79 Å². The summed E-state index contributed by atoms with van der Waals surface area (Å²) in [5.74, 6) is -0.242. The van der Waals surface area contributed by atoms with Crippen LogP contribution in [0.15, 0.2) is 42.6 Å². The van der Waals surface area contributed by atoms with Crippen molar-refractivity contribution in [2.45, 2.75) is 13.2 Å². The van der Waals surface area contributed by atoms with Crippen LogP contribution in [0.25, 0.3) is 0 Å². The molecule has 0 bridgehead atoms. The number of benzene rings is 1. The van der Waals surface area contributed by atoms with Gasteiger partial charge in [0, 0.05) is 6.54 Å². The SMILES string of the molecule is CNCc1ccc(OCc2ccc(C(=O)O)cc2)cn1. The zero-order valence-corrected chi connectivity index (χ0v) is 11.2. The Bertz CT molecular complexity index is 565. The molecule has 2 N–H and O–H groups in total. The van der Waals surface area contributed by atoms with Gasteiger partial charge in [0.15, 0.2) is 0 Å². The lowest BCUT2D eigenvalue weighted by molar-refractivity contribution is 0.0697. The summed E-state index contributed by atoms with van der Waals surface area (Å²) in [4.78, 5) is 15.0. The molecule has 0 aliphatic carbocycles. The van der Waals surface area contributed by atoms with Gasteiger partial charge in [-0.2, -0.15) is 0 Å². The molecule has 1 heterocycles. The van der Waals surface area contributed by atoms with Crippen molar-refractivity contribution in [3.8, 4) is 5.75 Å². The van der Waals surface area contributed by atoms with Crippen molar-refractivity contribution in [3.05, 3.63) is 59.4 Å². The fraction of sp³-hybridized carbons (Fsp3) is 0.200. The molecular weight excluding hydrogens is 256 g/mol. The van der Waals surface area contributed by atoms with Crippen molar-refractivity contribution < 1.29 is 14.6 Å². The summed E-state index contributed by atoms with van der Waals surface area (Å²) in [7, 11) is 1.87. The molecule has 0 amide bonds. The van der Waals surface area contributed by atoms with Gasteiger partial charge in [-0.15, -0.1) is 0 Å². The molecule has 0 unspecified atom stereocenters. The molecule has 104 valence electrons. The molecular formula is C15H16N2O3. The van der Waals surface area contributed by atoms with E-state index in [0.29, 0.717) is 12.4 Å². The van der Waals surface area contributed by atoms with Gasteiger partial charge in [-0.25, -0.2) is 4.79 Å². The molecule has 2 aromatic rings. The fourth-order valence-corrected chi connectivity index (χ4v) is 1.69. The highest BCUT2D eigenvalue weighted by Crippen LogP contribution is 2.12. The van der Waals surface area contributed by atoms with Crippen LogP contribution in [0, 0.1) is 0 Å². The molecule has 0 spiro atoms.